The van der Waals surface area contributed by atoms with Crippen LogP contribution in [-0.2, 0) is 6.42 Å². The highest BCUT2D eigenvalue weighted by atomic mass is 19.1. The van der Waals surface area contributed by atoms with E-state index in [9.17, 15) is 9.18 Å². The van der Waals surface area contributed by atoms with Gasteiger partial charge in [0.2, 0.25) is 5.95 Å². The third-order valence-corrected chi connectivity index (χ3v) is 2.79. The summed E-state index contributed by atoms with van der Waals surface area (Å²) in [5, 5.41) is 9.50. The number of aryl methyl sites for hydroxylation is 2. The van der Waals surface area contributed by atoms with Gasteiger partial charge in [-0.25, -0.2) is 4.98 Å². The molecule has 0 aliphatic carbocycles. The van der Waals surface area contributed by atoms with Gasteiger partial charge < -0.3 is 5.32 Å². The summed E-state index contributed by atoms with van der Waals surface area (Å²) in [6, 6.07) is 4.16. The number of hydrogen-bond acceptors (Lipinski definition) is 3. The van der Waals surface area contributed by atoms with Crippen molar-refractivity contribution in [3.05, 3.63) is 47.3 Å². The molecule has 0 aromatic carbocycles. The van der Waals surface area contributed by atoms with Crippen molar-refractivity contribution < 1.29 is 9.18 Å². The van der Waals surface area contributed by atoms with Crippen molar-refractivity contribution in [1.29, 1.82) is 0 Å². The molecular weight excluding hydrogens is 247 g/mol. The summed E-state index contributed by atoms with van der Waals surface area (Å²) < 4.78 is 12.8. The Morgan fingerprint density at radius 2 is 2.32 bits per heavy atom. The van der Waals surface area contributed by atoms with Crippen LogP contribution in [0, 0.1) is 12.9 Å². The number of aromatic amines is 1. The molecule has 2 aromatic heterocycles. The molecule has 2 heterocycles. The maximum absolute atomic E-state index is 12.8. The highest BCUT2D eigenvalue weighted by Gasteiger charge is 2.07. The van der Waals surface area contributed by atoms with E-state index >= 15 is 0 Å². The lowest BCUT2D eigenvalue weighted by Gasteiger charge is -2.04. The molecular formula is C13H15FN4O. The second kappa shape index (κ2) is 6.08. The number of hydrogen-bond donors (Lipinski definition) is 2. The minimum Gasteiger partial charge on any atom is -0.351 e. The number of amides is 1. The molecule has 100 valence electrons. The third-order valence-electron chi connectivity index (χ3n) is 2.79. The largest absolute Gasteiger partial charge is 0.351 e. The van der Waals surface area contributed by atoms with Crippen molar-refractivity contribution in [1.82, 2.24) is 20.5 Å². The van der Waals surface area contributed by atoms with E-state index in [-0.39, 0.29) is 11.6 Å². The molecule has 2 N–H and O–H groups in total. The molecule has 0 aliphatic rings. The fourth-order valence-corrected chi connectivity index (χ4v) is 1.73. The van der Waals surface area contributed by atoms with E-state index < -0.39 is 5.95 Å². The molecule has 19 heavy (non-hydrogen) atoms. The van der Waals surface area contributed by atoms with E-state index in [4.69, 9.17) is 0 Å². The van der Waals surface area contributed by atoms with Gasteiger partial charge in [-0.05, 0) is 37.5 Å². The van der Waals surface area contributed by atoms with Crippen molar-refractivity contribution >= 4 is 5.91 Å². The monoisotopic (exact) mass is 262 g/mol. The Balaban J connectivity index is 1.77. The lowest BCUT2D eigenvalue weighted by Crippen LogP contribution is -2.25. The number of carbonyl (C=O) groups is 1. The molecule has 0 unspecified atom stereocenters. The molecule has 2 rings (SSSR count). The first-order valence-corrected chi connectivity index (χ1v) is 6.06. The number of pyridine rings is 1. The molecule has 0 aliphatic heterocycles. The highest BCUT2D eigenvalue weighted by Crippen LogP contribution is 2.05. The van der Waals surface area contributed by atoms with Crippen LogP contribution >= 0.6 is 0 Å². The Hall–Kier alpha value is -2.24. The van der Waals surface area contributed by atoms with Crippen LogP contribution in [0.3, 0.4) is 0 Å². The van der Waals surface area contributed by atoms with Gasteiger partial charge in [-0.2, -0.15) is 9.49 Å². The Morgan fingerprint density at radius 3 is 3.00 bits per heavy atom. The molecule has 0 saturated heterocycles. The molecule has 5 nitrogen and oxygen atoms in total. The van der Waals surface area contributed by atoms with Gasteiger partial charge in [0.25, 0.3) is 5.91 Å². The second-order valence-electron chi connectivity index (χ2n) is 4.23. The fourth-order valence-electron chi connectivity index (χ4n) is 1.73. The van der Waals surface area contributed by atoms with E-state index in [1.54, 1.807) is 6.20 Å². The Labute approximate surface area is 110 Å². The van der Waals surface area contributed by atoms with Gasteiger partial charge >= 0.3 is 0 Å². The number of aromatic nitrogens is 3. The SMILES string of the molecule is Cc1[nH]ncc1CCCNC(=O)c1cccc(F)n1. The summed E-state index contributed by atoms with van der Waals surface area (Å²) in [4.78, 5) is 15.2. The molecule has 0 spiro atoms. The number of H-pyrrole nitrogens is 1. The van der Waals surface area contributed by atoms with Crippen LogP contribution in [0.2, 0.25) is 0 Å². The number of nitrogens with one attached hydrogen (secondary N) is 2. The van der Waals surface area contributed by atoms with Crippen molar-refractivity contribution in [3.63, 3.8) is 0 Å². The number of rotatable bonds is 5. The molecule has 0 atom stereocenters. The van der Waals surface area contributed by atoms with Crippen LogP contribution in [0.5, 0.6) is 0 Å². The number of carbonyl (C=O) groups excluding carboxylic acids is 1. The lowest BCUT2D eigenvalue weighted by atomic mass is 10.1. The van der Waals surface area contributed by atoms with Gasteiger partial charge in [0.05, 0.1) is 6.20 Å². The molecule has 0 radical (unpaired) electrons. The van der Waals surface area contributed by atoms with E-state index in [1.165, 1.54) is 18.2 Å². The van der Waals surface area contributed by atoms with Crippen LogP contribution in [0.1, 0.15) is 28.2 Å². The zero-order valence-corrected chi connectivity index (χ0v) is 10.6. The third kappa shape index (κ3) is 3.61. The van der Waals surface area contributed by atoms with Crippen LogP contribution in [0.4, 0.5) is 4.39 Å². The lowest BCUT2D eigenvalue weighted by molar-refractivity contribution is 0.0947. The molecule has 1 amide bonds. The first kappa shape index (κ1) is 13.2. The first-order chi connectivity index (χ1) is 9.16. The average molecular weight is 262 g/mol. The zero-order chi connectivity index (χ0) is 13.7. The minimum absolute atomic E-state index is 0.0968. The standard InChI is InChI=1S/C13H15FN4O/c1-9-10(8-16-18-9)4-3-7-15-13(19)11-5-2-6-12(14)17-11/h2,5-6,8H,3-4,7H2,1H3,(H,15,19)(H,16,18). The Bertz CT molecular complexity index is 567. The van der Waals surface area contributed by atoms with E-state index in [0.29, 0.717) is 6.54 Å². The summed E-state index contributed by atoms with van der Waals surface area (Å²) in [6.07, 6.45) is 3.41. The number of halogens is 1. The molecule has 6 heteroatoms. The normalized spacial score (nSPS) is 10.4. The Kier molecular flexibility index (Phi) is 4.22. The predicted octanol–water partition coefficient (Wildman–Crippen LogP) is 1.61. The van der Waals surface area contributed by atoms with E-state index in [1.807, 2.05) is 6.92 Å². The maximum Gasteiger partial charge on any atom is 0.269 e. The van der Waals surface area contributed by atoms with Gasteiger partial charge in [0.15, 0.2) is 0 Å². The van der Waals surface area contributed by atoms with Gasteiger partial charge in [-0.3, -0.25) is 9.89 Å². The predicted molar refractivity (Wildman–Crippen MR) is 68.2 cm³/mol. The van der Waals surface area contributed by atoms with Crippen molar-refractivity contribution in [2.75, 3.05) is 6.54 Å². The first-order valence-electron chi connectivity index (χ1n) is 6.06. The summed E-state index contributed by atoms with van der Waals surface area (Å²) >= 11 is 0. The van der Waals surface area contributed by atoms with Crippen molar-refractivity contribution in [2.45, 2.75) is 19.8 Å². The van der Waals surface area contributed by atoms with E-state index in [2.05, 4.69) is 20.5 Å². The van der Waals surface area contributed by atoms with Gasteiger partial charge in [-0.1, -0.05) is 6.07 Å². The van der Waals surface area contributed by atoms with Crippen LogP contribution in [0.25, 0.3) is 0 Å². The molecule has 0 saturated carbocycles. The van der Waals surface area contributed by atoms with Gasteiger partial charge in [0, 0.05) is 12.2 Å². The average Bonchev–Trinajstić information content (AvgIpc) is 2.80. The van der Waals surface area contributed by atoms with Crippen LogP contribution in [-0.4, -0.2) is 27.6 Å². The topological polar surface area (TPSA) is 70.7 Å². The van der Waals surface area contributed by atoms with Gasteiger partial charge in [-0.15, -0.1) is 0 Å². The Morgan fingerprint density at radius 1 is 1.47 bits per heavy atom. The summed E-state index contributed by atoms with van der Waals surface area (Å²) in [6.45, 7) is 2.47. The van der Waals surface area contributed by atoms with Crippen molar-refractivity contribution in [2.24, 2.45) is 0 Å². The molecule has 0 bridgehead atoms. The summed E-state index contributed by atoms with van der Waals surface area (Å²) in [5.74, 6) is -1.01. The smallest absolute Gasteiger partial charge is 0.269 e. The minimum atomic E-state index is -0.651. The molecule has 2 aromatic rings. The fraction of sp³-hybridized carbons (Fsp3) is 0.308. The highest BCUT2D eigenvalue weighted by molar-refractivity contribution is 5.92. The maximum atomic E-state index is 12.8. The van der Waals surface area contributed by atoms with Gasteiger partial charge in [0.1, 0.15) is 5.69 Å². The van der Waals surface area contributed by atoms with E-state index in [0.717, 1.165) is 24.1 Å². The zero-order valence-electron chi connectivity index (χ0n) is 10.6. The number of nitrogens with zero attached hydrogens (tertiary/aromatic N) is 2. The van der Waals surface area contributed by atoms with Crippen LogP contribution < -0.4 is 5.32 Å². The quantitative estimate of drug-likeness (QED) is 0.635. The summed E-state index contributed by atoms with van der Waals surface area (Å²) in [5.41, 5.74) is 2.27. The summed E-state index contributed by atoms with van der Waals surface area (Å²) in [7, 11) is 0. The van der Waals surface area contributed by atoms with Crippen molar-refractivity contribution in [3.8, 4) is 0 Å². The second-order valence-corrected chi connectivity index (χ2v) is 4.23. The molecule has 0 fully saturated rings. The van der Waals surface area contributed by atoms with Crippen LogP contribution in [0.15, 0.2) is 24.4 Å².